The molecule has 17 heavy (non-hydrogen) atoms. The van der Waals surface area contributed by atoms with Crippen molar-refractivity contribution in [2.45, 2.75) is 11.5 Å². The van der Waals surface area contributed by atoms with E-state index in [-0.39, 0.29) is 11.9 Å². The molecular formula is C11H15ClN4O. The van der Waals surface area contributed by atoms with Crippen molar-refractivity contribution >= 4 is 23.3 Å². The summed E-state index contributed by atoms with van der Waals surface area (Å²) >= 11 is 6.39. The summed E-state index contributed by atoms with van der Waals surface area (Å²) in [5, 5.41) is 12.2. The number of hydrogen-bond acceptors (Lipinski definition) is 3. The highest BCUT2D eigenvalue weighted by Crippen LogP contribution is 2.35. The van der Waals surface area contributed by atoms with Crippen LogP contribution in [-0.4, -0.2) is 35.4 Å². The van der Waals surface area contributed by atoms with Gasteiger partial charge >= 0.3 is 0 Å². The topological polar surface area (TPSA) is 74.7 Å². The van der Waals surface area contributed by atoms with Gasteiger partial charge in [-0.05, 0) is 6.08 Å². The Morgan fingerprint density at radius 2 is 2.47 bits per heavy atom. The Bertz CT molecular complexity index is 418. The second kappa shape index (κ2) is 4.50. The Hall–Kier alpha value is -1.33. The number of guanidine groups is 1. The van der Waals surface area contributed by atoms with E-state index in [9.17, 15) is 0 Å². The lowest BCUT2D eigenvalue weighted by Gasteiger charge is -2.31. The van der Waals surface area contributed by atoms with Crippen molar-refractivity contribution in [2.75, 3.05) is 13.7 Å². The molecule has 0 amide bonds. The van der Waals surface area contributed by atoms with Crippen LogP contribution in [0.1, 0.15) is 6.42 Å². The number of nitrogens with zero attached hydrogens (tertiary/aromatic N) is 2. The van der Waals surface area contributed by atoms with Gasteiger partial charge < -0.3 is 10.5 Å². The van der Waals surface area contributed by atoms with E-state index in [0.29, 0.717) is 6.54 Å². The minimum atomic E-state index is -0.889. The predicted octanol–water partition coefficient (Wildman–Crippen LogP) is 1.27. The summed E-state index contributed by atoms with van der Waals surface area (Å²) in [6.07, 6.45) is 8.27. The maximum atomic E-state index is 7.34. The van der Waals surface area contributed by atoms with Crippen molar-refractivity contribution in [2.24, 2.45) is 16.8 Å². The lowest BCUT2D eigenvalue weighted by atomic mass is 9.90. The van der Waals surface area contributed by atoms with Crippen LogP contribution in [0, 0.1) is 11.3 Å². The normalized spacial score (nSPS) is 31.8. The van der Waals surface area contributed by atoms with Gasteiger partial charge in [-0.25, -0.2) is 5.01 Å². The summed E-state index contributed by atoms with van der Waals surface area (Å²) in [5.41, 5.74) is 6.28. The fourth-order valence-electron chi connectivity index (χ4n) is 2.00. The minimum Gasteiger partial charge on any atom is -0.369 e. The molecule has 0 bridgehead atoms. The van der Waals surface area contributed by atoms with Gasteiger partial charge in [0, 0.05) is 20.1 Å². The van der Waals surface area contributed by atoms with E-state index in [0.717, 1.165) is 12.1 Å². The van der Waals surface area contributed by atoms with Crippen molar-refractivity contribution in [3.8, 4) is 0 Å². The average molecular weight is 255 g/mol. The van der Waals surface area contributed by atoms with Crippen LogP contribution < -0.4 is 5.73 Å². The van der Waals surface area contributed by atoms with Gasteiger partial charge in [0.1, 0.15) is 0 Å². The maximum Gasteiger partial charge on any atom is 0.209 e. The Labute approximate surface area is 105 Å². The van der Waals surface area contributed by atoms with Gasteiger partial charge in [-0.15, -0.1) is 0 Å². The van der Waals surface area contributed by atoms with Crippen LogP contribution in [-0.2, 0) is 4.74 Å². The molecule has 0 saturated heterocycles. The fourth-order valence-corrected chi connectivity index (χ4v) is 2.27. The summed E-state index contributed by atoms with van der Waals surface area (Å²) in [5.74, 6) is -0.170. The van der Waals surface area contributed by atoms with E-state index in [1.807, 2.05) is 18.2 Å². The van der Waals surface area contributed by atoms with Crippen LogP contribution in [0.2, 0.25) is 0 Å². The van der Waals surface area contributed by atoms with E-state index in [1.165, 1.54) is 5.01 Å². The quantitative estimate of drug-likeness (QED) is 0.443. The van der Waals surface area contributed by atoms with Crippen LogP contribution in [0.25, 0.3) is 0 Å². The molecular weight excluding hydrogens is 240 g/mol. The molecule has 5 nitrogen and oxygen atoms in total. The summed E-state index contributed by atoms with van der Waals surface area (Å²) < 4.78 is 5.34. The van der Waals surface area contributed by atoms with Crippen molar-refractivity contribution in [3.05, 3.63) is 24.3 Å². The number of hydrazone groups is 1. The molecule has 0 aromatic rings. The van der Waals surface area contributed by atoms with Gasteiger partial charge in [-0.3, -0.25) is 5.41 Å². The summed E-state index contributed by atoms with van der Waals surface area (Å²) in [4.78, 5) is 0. The molecule has 0 saturated carbocycles. The van der Waals surface area contributed by atoms with Crippen molar-refractivity contribution < 1.29 is 4.74 Å². The predicted molar refractivity (Wildman–Crippen MR) is 68.0 cm³/mol. The third kappa shape index (κ3) is 2.21. The highest BCUT2D eigenvalue weighted by Gasteiger charge is 2.39. The average Bonchev–Trinajstić information content (AvgIpc) is 2.79. The van der Waals surface area contributed by atoms with Gasteiger partial charge in [-0.2, -0.15) is 5.10 Å². The molecule has 3 N–H and O–H groups in total. The summed E-state index contributed by atoms with van der Waals surface area (Å²) in [7, 11) is 1.57. The van der Waals surface area contributed by atoms with E-state index in [4.69, 9.17) is 27.5 Å². The van der Waals surface area contributed by atoms with E-state index < -0.39 is 5.06 Å². The molecule has 2 rings (SSSR count). The van der Waals surface area contributed by atoms with Crippen molar-refractivity contribution in [1.29, 1.82) is 5.41 Å². The summed E-state index contributed by atoms with van der Waals surface area (Å²) in [6.45, 7) is 0.620. The fraction of sp³-hybridized carbons (Fsp3) is 0.455. The first kappa shape index (κ1) is 12.1. The van der Waals surface area contributed by atoms with Crippen molar-refractivity contribution in [3.63, 3.8) is 0 Å². The number of nitrogens with two attached hydrogens (primary N) is 1. The van der Waals surface area contributed by atoms with Gasteiger partial charge in [0.05, 0.1) is 11.6 Å². The molecule has 92 valence electrons. The van der Waals surface area contributed by atoms with Crippen LogP contribution in [0.3, 0.4) is 0 Å². The molecule has 1 aliphatic carbocycles. The first-order valence-corrected chi connectivity index (χ1v) is 5.73. The Balaban J connectivity index is 2.23. The number of hydrogen-bond donors (Lipinski definition) is 2. The molecule has 0 aromatic heterocycles. The molecule has 1 heterocycles. The number of nitrogens with one attached hydrogen (secondary N) is 1. The molecule has 2 unspecified atom stereocenters. The molecule has 2 aliphatic rings. The second-order valence-electron chi connectivity index (χ2n) is 3.97. The molecule has 0 fully saturated rings. The van der Waals surface area contributed by atoms with E-state index in [1.54, 1.807) is 13.2 Å². The molecule has 0 spiro atoms. The number of halogens is 1. The van der Waals surface area contributed by atoms with Crippen LogP contribution in [0.15, 0.2) is 29.4 Å². The first-order valence-electron chi connectivity index (χ1n) is 5.36. The van der Waals surface area contributed by atoms with Crippen LogP contribution >= 0.6 is 11.6 Å². The van der Waals surface area contributed by atoms with Crippen LogP contribution in [0.5, 0.6) is 0 Å². The SMILES string of the molecule is COC1(Cl)C=CC=CC1C1=NN(C(=N)N)CC1. The Morgan fingerprint density at radius 3 is 3.06 bits per heavy atom. The maximum absolute atomic E-state index is 7.34. The highest BCUT2D eigenvalue weighted by molar-refractivity contribution is 6.26. The van der Waals surface area contributed by atoms with Gasteiger partial charge in [0.15, 0.2) is 5.06 Å². The standard InChI is InChI=1S/C11H15ClN4O/c1-17-11(12)6-3-2-4-8(11)9-5-7-16(15-9)10(13)14/h2-4,6,8H,5,7H2,1H3,(H3,13,14). The zero-order chi connectivity index (χ0) is 12.5. The Morgan fingerprint density at radius 1 is 1.71 bits per heavy atom. The molecule has 0 aromatic carbocycles. The Kier molecular flexibility index (Phi) is 3.22. The van der Waals surface area contributed by atoms with E-state index >= 15 is 0 Å². The van der Waals surface area contributed by atoms with Gasteiger partial charge in [0.2, 0.25) is 5.96 Å². The number of methoxy groups -OCH3 is 1. The van der Waals surface area contributed by atoms with Gasteiger partial charge in [-0.1, -0.05) is 29.8 Å². The number of rotatable bonds is 2. The van der Waals surface area contributed by atoms with Crippen molar-refractivity contribution in [1.82, 2.24) is 5.01 Å². The third-order valence-corrected chi connectivity index (χ3v) is 3.46. The first-order chi connectivity index (χ1) is 8.07. The minimum absolute atomic E-state index is 0.0482. The number of alkyl halides is 1. The molecule has 0 radical (unpaired) electrons. The smallest absolute Gasteiger partial charge is 0.209 e. The molecule has 2 atom stereocenters. The number of allylic oxidation sites excluding steroid dienone is 2. The zero-order valence-electron chi connectivity index (χ0n) is 9.56. The van der Waals surface area contributed by atoms with Crippen LogP contribution in [0.4, 0.5) is 0 Å². The second-order valence-corrected chi connectivity index (χ2v) is 4.56. The summed E-state index contributed by atoms with van der Waals surface area (Å²) in [6, 6.07) is 0. The molecule has 1 aliphatic heterocycles. The lowest BCUT2D eigenvalue weighted by Crippen LogP contribution is -2.37. The number of ether oxygens (including phenoxy) is 1. The highest BCUT2D eigenvalue weighted by atomic mass is 35.5. The monoisotopic (exact) mass is 254 g/mol. The third-order valence-electron chi connectivity index (χ3n) is 2.94. The largest absolute Gasteiger partial charge is 0.369 e. The lowest BCUT2D eigenvalue weighted by molar-refractivity contribution is 0.0876. The van der Waals surface area contributed by atoms with Gasteiger partial charge in [0.25, 0.3) is 0 Å². The zero-order valence-corrected chi connectivity index (χ0v) is 10.3. The van der Waals surface area contributed by atoms with E-state index in [2.05, 4.69) is 5.10 Å². The molecule has 6 heteroatoms.